The molecule has 8 heavy (non-hydrogen) atoms. The molecule has 0 spiro atoms. The third-order valence-electron chi connectivity index (χ3n) is 1.74. The van der Waals surface area contributed by atoms with Crippen LogP contribution < -0.4 is 0 Å². The Balaban J connectivity index is 1.86. The van der Waals surface area contributed by atoms with Crippen LogP contribution in [0.15, 0.2) is 0 Å². The van der Waals surface area contributed by atoms with Gasteiger partial charge < -0.3 is 9.47 Å². The first-order valence-corrected chi connectivity index (χ1v) is 3.20. The Hall–Kier alpha value is -0.0800. The van der Waals surface area contributed by atoms with E-state index in [2.05, 4.69) is 0 Å². The highest BCUT2D eigenvalue weighted by Crippen LogP contribution is 2.24. The Morgan fingerprint density at radius 3 is 2.50 bits per heavy atom. The highest BCUT2D eigenvalue weighted by molar-refractivity contribution is 4.82. The summed E-state index contributed by atoms with van der Waals surface area (Å²) in [4.78, 5) is 0. The van der Waals surface area contributed by atoms with Crippen LogP contribution in [0.1, 0.15) is 12.8 Å². The molecular weight excluding hydrogens is 104 g/mol. The number of ether oxygens (including phenoxy) is 2. The molecule has 0 amide bonds. The van der Waals surface area contributed by atoms with E-state index in [9.17, 15) is 0 Å². The fourth-order valence-electron chi connectivity index (χ4n) is 1.17. The number of epoxide rings is 1. The van der Waals surface area contributed by atoms with Crippen LogP contribution in [0.3, 0.4) is 0 Å². The second-order valence-corrected chi connectivity index (χ2v) is 2.42. The topological polar surface area (TPSA) is 21.8 Å². The normalized spacial score (nSPS) is 45.0. The van der Waals surface area contributed by atoms with Crippen molar-refractivity contribution in [2.45, 2.75) is 25.0 Å². The summed E-state index contributed by atoms with van der Waals surface area (Å²) in [7, 11) is 0. The molecule has 2 saturated heterocycles. The zero-order chi connectivity index (χ0) is 5.40. The smallest absolute Gasteiger partial charge is 0.107 e. The van der Waals surface area contributed by atoms with Crippen LogP contribution in [-0.2, 0) is 9.47 Å². The molecule has 2 aliphatic heterocycles. The van der Waals surface area contributed by atoms with Gasteiger partial charge in [-0.1, -0.05) is 0 Å². The zero-order valence-corrected chi connectivity index (χ0v) is 4.80. The lowest BCUT2D eigenvalue weighted by atomic mass is 10.2. The molecule has 0 aromatic rings. The van der Waals surface area contributed by atoms with Crippen molar-refractivity contribution < 1.29 is 9.47 Å². The molecule has 2 heteroatoms. The van der Waals surface area contributed by atoms with Crippen molar-refractivity contribution in [2.24, 2.45) is 0 Å². The summed E-state index contributed by atoms with van der Waals surface area (Å²) in [5.74, 6) is 0. The largest absolute Gasteiger partial charge is 0.375 e. The number of hydrogen-bond acceptors (Lipinski definition) is 2. The van der Waals surface area contributed by atoms with Crippen LogP contribution in [0.2, 0.25) is 0 Å². The van der Waals surface area contributed by atoms with Crippen LogP contribution in [0.4, 0.5) is 0 Å². The first kappa shape index (κ1) is 4.77. The number of rotatable bonds is 1. The Labute approximate surface area is 48.8 Å². The van der Waals surface area contributed by atoms with Gasteiger partial charge in [0.15, 0.2) is 0 Å². The lowest BCUT2D eigenvalue weighted by Crippen LogP contribution is -2.12. The van der Waals surface area contributed by atoms with Crippen molar-refractivity contribution in [3.05, 3.63) is 0 Å². The SMILES string of the molecule is C1COC([C@H]2CO2)C1. The third kappa shape index (κ3) is 0.740. The fourth-order valence-corrected chi connectivity index (χ4v) is 1.17. The van der Waals surface area contributed by atoms with Crippen molar-refractivity contribution in [1.82, 2.24) is 0 Å². The van der Waals surface area contributed by atoms with Crippen LogP contribution in [0, 0.1) is 0 Å². The van der Waals surface area contributed by atoms with Crippen molar-refractivity contribution in [3.8, 4) is 0 Å². The Kier molecular flexibility index (Phi) is 1.02. The summed E-state index contributed by atoms with van der Waals surface area (Å²) >= 11 is 0. The Morgan fingerprint density at radius 1 is 1.12 bits per heavy atom. The maximum Gasteiger partial charge on any atom is 0.107 e. The summed E-state index contributed by atoms with van der Waals surface area (Å²) in [6.07, 6.45) is 3.36. The molecule has 1 unspecified atom stereocenters. The molecule has 2 nitrogen and oxygen atoms in total. The Morgan fingerprint density at radius 2 is 2.00 bits per heavy atom. The summed E-state index contributed by atoms with van der Waals surface area (Å²) < 4.78 is 10.4. The molecule has 0 radical (unpaired) electrons. The van der Waals surface area contributed by atoms with Crippen molar-refractivity contribution in [3.63, 3.8) is 0 Å². The molecule has 0 aromatic carbocycles. The quantitative estimate of drug-likeness (QED) is 0.465. The van der Waals surface area contributed by atoms with Gasteiger partial charge in [-0.2, -0.15) is 0 Å². The first-order valence-electron chi connectivity index (χ1n) is 3.20. The van der Waals surface area contributed by atoms with E-state index in [-0.39, 0.29) is 0 Å². The molecule has 2 aliphatic rings. The van der Waals surface area contributed by atoms with Gasteiger partial charge in [-0.15, -0.1) is 0 Å². The third-order valence-corrected chi connectivity index (χ3v) is 1.74. The fraction of sp³-hybridized carbons (Fsp3) is 1.00. The van der Waals surface area contributed by atoms with Gasteiger partial charge in [0.25, 0.3) is 0 Å². The summed E-state index contributed by atoms with van der Waals surface area (Å²) in [6, 6.07) is 0. The van der Waals surface area contributed by atoms with Crippen molar-refractivity contribution in [1.29, 1.82) is 0 Å². The molecule has 2 atom stereocenters. The molecule has 2 heterocycles. The molecule has 2 rings (SSSR count). The van der Waals surface area contributed by atoms with Gasteiger partial charge in [0, 0.05) is 6.61 Å². The van der Waals surface area contributed by atoms with E-state index in [1.807, 2.05) is 0 Å². The minimum absolute atomic E-state index is 0.454. The second-order valence-electron chi connectivity index (χ2n) is 2.42. The predicted molar refractivity (Wildman–Crippen MR) is 28.7 cm³/mol. The van der Waals surface area contributed by atoms with Crippen LogP contribution >= 0.6 is 0 Å². The van der Waals surface area contributed by atoms with Crippen LogP contribution in [0.25, 0.3) is 0 Å². The molecular formula is C6H10O2. The molecule has 0 saturated carbocycles. The highest BCUT2D eigenvalue weighted by Gasteiger charge is 2.35. The predicted octanol–water partition coefficient (Wildman–Crippen LogP) is 0.564. The standard InChI is InChI=1S/C6H10O2/c1-2-5(7-3-1)6-4-8-6/h5-6H,1-4H2/t5?,6-/m1/s1. The maximum absolute atomic E-state index is 5.35. The lowest BCUT2D eigenvalue weighted by molar-refractivity contribution is 0.0858. The summed E-state index contributed by atoms with van der Waals surface area (Å²) in [5.41, 5.74) is 0. The Bertz CT molecular complexity index is 82.5. The molecule has 0 bridgehead atoms. The van der Waals surface area contributed by atoms with E-state index in [4.69, 9.17) is 9.47 Å². The lowest BCUT2D eigenvalue weighted by Gasteiger charge is -2.01. The van der Waals surface area contributed by atoms with E-state index < -0.39 is 0 Å². The van der Waals surface area contributed by atoms with E-state index in [0.717, 1.165) is 13.2 Å². The minimum Gasteiger partial charge on any atom is -0.375 e. The van der Waals surface area contributed by atoms with E-state index in [1.54, 1.807) is 0 Å². The van der Waals surface area contributed by atoms with Crippen molar-refractivity contribution in [2.75, 3.05) is 13.2 Å². The molecule has 0 aliphatic carbocycles. The highest BCUT2D eigenvalue weighted by atomic mass is 16.6. The van der Waals surface area contributed by atoms with E-state index in [0.29, 0.717) is 12.2 Å². The maximum atomic E-state index is 5.35. The average Bonchev–Trinajstić information content (AvgIpc) is 2.49. The minimum atomic E-state index is 0.454. The average molecular weight is 114 g/mol. The van der Waals surface area contributed by atoms with Gasteiger partial charge in [-0.3, -0.25) is 0 Å². The zero-order valence-electron chi connectivity index (χ0n) is 4.80. The van der Waals surface area contributed by atoms with Crippen LogP contribution in [-0.4, -0.2) is 25.4 Å². The summed E-state index contributed by atoms with van der Waals surface area (Å²) in [5, 5.41) is 0. The van der Waals surface area contributed by atoms with Gasteiger partial charge >= 0.3 is 0 Å². The molecule has 46 valence electrons. The second kappa shape index (κ2) is 1.71. The van der Waals surface area contributed by atoms with Gasteiger partial charge in [-0.05, 0) is 12.8 Å². The van der Waals surface area contributed by atoms with Gasteiger partial charge in [0.05, 0.1) is 12.7 Å². The molecule has 2 fully saturated rings. The summed E-state index contributed by atoms with van der Waals surface area (Å²) in [6.45, 7) is 1.88. The van der Waals surface area contributed by atoms with Crippen molar-refractivity contribution >= 4 is 0 Å². The first-order chi connectivity index (χ1) is 3.97. The van der Waals surface area contributed by atoms with Gasteiger partial charge in [-0.25, -0.2) is 0 Å². The molecule has 0 aromatic heterocycles. The van der Waals surface area contributed by atoms with Gasteiger partial charge in [0.1, 0.15) is 6.10 Å². The van der Waals surface area contributed by atoms with E-state index >= 15 is 0 Å². The molecule has 0 N–H and O–H groups in total. The van der Waals surface area contributed by atoms with E-state index in [1.165, 1.54) is 12.8 Å². The number of hydrogen-bond donors (Lipinski definition) is 0. The van der Waals surface area contributed by atoms with Gasteiger partial charge in [0.2, 0.25) is 0 Å². The van der Waals surface area contributed by atoms with Crippen LogP contribution in [0.5, 0.6) is 0 Å². The monoisotopic (exact) mass is 114 g/mol.